The molecule has 0 aromatic rings. The molecule has 0 N–H and O–H groups in total. The first kappa shape index (κ1) is 7.40. The van der Waals surface area contributed by atoms with E-state index in [0.717, 1.165) is 23.5 Å². The maximum atomic E-state index is 9.99. The smallest absolute Gasteiger partial charge is 0.264 e. The van der Waals surface area contributed by atoms with Crippen molar-refractivity contribution in [2.75, 3.05) is 19.3 Å². The average molecular weight is 160 g/mol. The zero-order valence-corrected chi connectivity index (χ0v) is 6.43. The Morgan fingerprint density at radius 3 is 3.00 bits per heavy atom. The molecule has 10 heavy (non-hydrogen) atoms. The Balaban J connectivity index is 2.62. The lowest BCUT2D eigenvalue weighted by Crippen LogP contribution is -2.11. The molecule has 1 saturated heterocycles. The molecule has 1 heterocycles. The molecule has 1 aliphatic heterocycles. The van der Waals surface area contributed by atoms with Gasteiger partial charge in [0.25, 0.3) is 6.20 Å². The van der Waals surface area contributed by atoms with E-state index in [2.05, 4.69) is 0 Å². The summed E-state index contributed by atoms with van der Waals surface area (Å²) in [4.78, 5) is 11.5. The summed E-state index contributed by atoms with van der Waals surface area (Å²) in [6.45, 7) is 0.907. The van der Waals surface area contributed by atoms with Gasteiger partial charge in [-0.05, 0) is 0 Å². The molecule has 0 amide bonds. The fourth-order valence-electron chi connectivity index (χ4n) is 0.734. The lowest BCUT2D eigenvalue weighted by Gasteiger charge is -2.06. The van der Waals surface area contributed by atoms with Crippen molar-refractivity contribution in [1.82, 2.24) is 4.90 Å². The number of nitrogens with zero attached hydrogens (tertiary/aromatic N) is 2. The molecule has 5 heteroatoms. The lowest BCUT2D eigenvalue weighted by atomic mass is 10.6. The highest BCUT2D eigenvalue weighted by Gasteiger charge is 2.15. The molecule has 0 aromatic heterocycles. The fraction of sp³-hybridized carbons (Fsp3) is 0.600. The molecule has 1 fully saturated rings. The summed E-state index contributed by atoms with van der Waals surface area (Å²) in [6, 6.07) is 0. The standard InChI is InChI=1S/C5H8N2O2S/c1-6-2-3-10-5(6)4-7(8)9/h4H,2-3H2,1H3/b5-4+. The second-order valence-electron chi connectivity index (χ2n) is 2.02. The van der Waals surface area contributed by atoms with Crippen molar-refractivity contribution in [3.05, 3.63) is 21.3 Å². The van der Waals surface area contributed by atoms with E-state index in [1.165, 1.54) is 11.8 Å². The molecular formula is C5H8N2O2S. The summed E-state index contributed by atoms with van der Waals surface area (Å²) >= 11 is 1.52. The Morgan fingerprint density at radius 2 is 2.60 bits per heavy atom. The maximum absolute atomic E-state index is 9.99. The Labute approximate surface area is 63.0 Å². The minimum Gasteiger partial charge on any atom is -0.364 e. The molecule has 0 atom stereocenters. The van der Waals surface area contributed by atoms with E-state index in [1.54, 1.807) is 0 Å². The number of hydrogen-bond acceptors (Lipinski definition) is 4. The molecular weight excluding hydrogens is 152 g/mol. The molecule has 0 saturated carbocycles. The third-order valence-electron chi connectivity index (χ3n) is 1.27. The first-order chi connectivity index (χ1) is 4.70. The van der Waals surface area contributed by atoms with Gasteiger partial charge in [0.2, 0.25) is 0 Å². The van der Waals surface area contributed by atoms with Gasteiger partial charge in [-0.15, -0.1) is 11.8 Å². The lowest BCUT2D eigenvalue weighted by molar-refractivity contribution is -0.403. The highest BCUT2D eigenvalue weighted by Crippen LogP contribution is 2.25. The number of thioether (sulfide) groups is 1. The van der Waals surface area contributed by atoms with Crippen LogP contribution < -0.4 is 0 Å². The second-order valence-corrected chi connectivity index (χ2v) is 3.14. The van der Waals surface area contributed by atoms with Gasteiger partial charge >= 0.3 is 0 Å². The summed E-state index contributed by atoms with van der Waals surface area (Å²) in [5.74, 6) is 0.955. The highest BCUT2D eigenvalue weighted by atomic mass is 32.2. The third-order valence-corrected chi connectivity index (χ3v) is 2.37. The van der Waals surface area contributed by atoms with Crippen LogP contribution in [0.3, 0.4) is 0 Å². The van der Waals surface area contributed by atoms with Gasteiger partial charge in [0.1, 0.15) is 5.03 Å². The van der Waals surface area contributed by atoms with Crippen molar-refractivity contribution in [2.45, 2.75) is 0 Å². The van der Waals surface area contributed by atoms with Gasteiger partial charge in [-0.25, -0.2) is 0 Å². The topological polar surface area (TPSA) is 46.4 Å². The van der Waals surface area contributed by atoms with E-state index in [4.69, 9.17) is 0 Å². The summed E-state index contributed by atoms with van der Waals surface area (Å²) in [5, 5.41) is 10.7. The van der Waals surface area contributed by atoms with Crippen molar-refractivity contribution in [2.24, 2.45) is 0 Å². The molecule has 0 bridgehead atoms. The average Bonchev–Trinajstić information content (AvgIpc) is 2.15. The van der Waals surface area contributed by atoms with E-state index in [1.807, 2.05) is 11.9 Å². The fourth-order valence-corrected chi connectivity index (χ4v) is 1.78. The van der Waals surface area contributed by atoms with Gasteiger partial charge in [0.05, 0.1) is 4.92 Å². The van der Waals surface area contributed by atoms with Crippen LogP contribution in [0.5, 0.6) is 0 Å². The number of nitro groups is 1. The molecule has 56 valence electrons. The molecule has 1 rings (SSSR count). The van der Waals surface area contributed by atoms with Gasteiger partial charge in [0, 0.05) is 19.3 Å². The SMILES string of the molecule is CN1CCS/C1=C/[N+](=O)[O-]. The summed E-state index contributed by atoms with van der Waals surface area (Å²) in [7, 11) is 1.86. The van der Waals surface area contributed by atoms with Crippen LogP contribution in [0.2, 0.25) is 0 Å². The zero-order valence-electron chi connectivity index (χ0n) is 5.61. The predicted octanol–water partition coefficient (Wildman–Crippen LogP) is 0.741. The molecule has 0 radical (unpaired) electrons. The van der Waals surface area contributed by atoms with Crippen LogP contribution in [0.15, 0.2) is 11.2 Å². The molecule has 0 aliphatic carbocycles. The largest absolute Gasteiger partial charge is 0.364 e. The molecule has 0 spiro atoms. The first-order valence-corrected chi connectivity index (χ1v) is 3.88. The summed E-state index contributed by atoms with van der Waals surface area (Å²) in [5.41, 5.74) is 0. The molecule has 0 unspecified atom stereocenters. The van der Waals surface area contributed by atoms with E-state index in [9.17, 15) is 10.1 Å². The van der Waals surface area contributed by atoms with Crippen molar-refractivity contribution in [3.63, 3.8) is 0 Å². The van der Waals surface area contributed by atoms with Crippen LogP contribution in [-0.4, -0.2) is 29.2 Å². The third kappa shape index (κ3) is 1.63. The summed E-state index contributed by atoms with van der Waals surface area (Å²) < 4.78 is 0. The van der Waals surface area contributed by atoms with Gasteiger partial charge in [-0.2, -0.15) is 0 Å². The number of rotatable bonds is 1. The monoisotopic (exact) mass is 160 g/mol. The Morgan fingerprint density at radius 1 is 1.90 bits per heavy atom. The van der Waals surface area contributed by atoms with Crippen LogP contribution >= 0.6 is 11.8 Å². The first-order valence-electron chi connectivity index (χ1n) is 2.89. The predicted molar refractivity (Wildman–Crippen MR) is 40.2 cm³/mol. The Bertz CT molecular complexity index is 180. The van der Waals surface area contributed by atoms with Crippen molar-refractivity contribution >= 4 is 11.8 Å². The maximum Gasteiger partial charge on any atom is 0.264 e. The van der Waals surface area contributed by atoms with Gasteiger partial charge in [-0.1, -0.05) is 0 Å². The second kappa shape index (κ2) is 2.92. The summed E-state index contributed by atoms with van der Waals surface area (Å²) in [6.07, 6.45) is 1.05. The van der Waals surface area contributed by atoms with Gasteiger partial charge < -0.3 is 4.90 Å². The van der Waals surface area contributed by atoms with Crippen molar-refractivity contribution in [1.29, 1.82) is 0 Å². The van der Waals surface area contributed by atoms with E-state index < -0.39 is 4.92 Å². The van der Waals surface area contributed by atoms with Crippen molar-refractivity contribution in [3.8, 4) is 0 Å². The number of hydrogen-bond donors (Lipinski definition) is 0. The van der Waals surface area contributed by atoms with Crippen LogP contribution in [0.4, 0.5) is 0 Å². The van der Waals surface area contributed by atoms with Crippen LogP contribution in [0.1, 0.15) is 0 Å². The van der Waals surface area contributed by atoms with Crippen molar-refractivity contribution < 1.29 is 4.92 Å². The molecule has 1 aliphatic rings. The Hall–Kier alpha value is -0.710. The van der Waals surface area contributed by atoms with E-state index >= 15 is 0 Å². The van der Waals surface area contributed by atoms with Crippen LogP contribution in [0.25, 0.3) is 0 Å². The highest BCUT2D eigenvalue weighted by molar-refractivity contribution is 8.03. The van der Waals surface area contributed by atoms with Crippen LogP contribution in [0, 0.1) is 10.1 Å². The quantitative estimate of drug-likeness (QED) is 0.419. The van der Waals surface area contributed by atoms with Crippen LogP contribution in [-0.2, 0) is 0 Å². The Kier molecular flexibility index (Phi) is 2.16. The normalized spacial score (nSPS) is 22.1. The van der Waals surface area contributed by atoms with E-state index in [-0.39, 0.29) is 0 Å². The van der Waals surface area contributed by atoms with Gasteiger partial charge in [0.15, 0.2) is 0 Å². The van der Waals surface area contributed by atoms with Gasteiger partial charge in [-0.3, -0.25) is 10.1 Å². The zero-order chi connectivity index (χ0) is 7.56. The molecule has 4 nitrogen and oxygen atoms in total. The minimum absolute atomic E-state index is 0.413. The minimum atomic E-state index is -0.413. The van der Waals surface area contributed by atoms with E-state index in [0.29, 0.717) is 0 Å². The molecule has 0 aromatic carbocycles.